The molecule has 0 spiro atoms. The molecule has 1 rings (SSSR count). The number of carbonyl (C=O) groups excluding carboxylic acids is 1. The summed E-state index contributed by atoms with van der Waals surface area (Å²) in [5.74, 6) is 1.83. The Bertz CT molecular complexity index is 229. The van der Waals surface area contributed by atoms with Crippen LogP contribution in [0.15, 0.2) is 11.6 Å². The predicted molar refractivity (Wildman–Crippen MR) is 66.2 cm³/mol. The lowest BCUT2D eigenvalue weighted by Crippen LogP contribution is -2.30. The summed E-state index contributed by atoms with van der Waals surface area (Å²) < 4.78 is 0. The van der Waals surface area contributed by atoms with E-state index in [1.54, 1.807) is 11.8 Å². The molecule has 0 saturated heterocycles. The smallest absolute Gasteiger partial charge is 0.230 e. The molecule has 0 bridgehead atoms. The molecule has 0 aliphatic carbocycles. The van der Waals surface area contributed by atoms with Crippen LogP contribution in [0, 0.1) is 0 Å². The Kier molecular flexibility index (Phi) is 6.52. The third kappa shape index (κ3) is 5.85. The van der Waals surface area contributed by atoms with Crippen molar-refractivity contribution in [3.63, 3.8) is 0 Å². The van der Waals surface area contributed by atoms with E-state index in [1.165, 1.54) is 5.57 Å². The molecule has 0 atom stereocenters. The summed E-state index contributed by atoms with van der Waals surface area (Å²) in [7, 11) is 0. The van der Waals surface area contributed by atoms with Crippen molar-refractivity contribution in [1.82, 2.24) is 10.6 Å². The maximum absolute atomic E-state index is 11.4. The molecule has 1 aliphatic rings. The SMILES string of the molecule is CCCSCC(=O)NCC1=CCNCC1. The van der Waals surface area contributed by atoms with Crippen molar-refractivity contribution in [3.05, 3.63) is 11.6 Å². The van der Waals surface area contributed by atoms with Gasteiger partial charge in [-0.1, -0.05) is 18.6 Å². The minimum atomic E-state index is 0.160. The minimum absolute atomic E-state index is 0.160. The van der Waals surface area contributed by atoms with Gasteiger partial charge in [0.15, 0.2) is 0 Å². The van der Waals surface area contributed by atoms with Crippen LogP contribution >= 0.6 is 11.8 Å². The second kappa shape index (κ2) is 7.77. The van der Waals surface area contributed by atoms with Gasteiger partial charge >= 0.3 is 0 Å². The minimum Gasteiger partial charge on any atom is -0.352 e. The van der Waals surface area contributed by atoms with E-state index in [0.717, 1.165) is 38.2 Å². The van der Waals surface area contributed by atoms with Crippen LogP contribution in [-0.2, 0) is 4.79 Å². The number of amides is 1. The van der Waals surface area contributed by atoms with E-state index in [1.807, 2.05) is 0 Å². The van der Waals surface area contributed by atoms with Gasteiger partial charge in [0, 0.05) is 13.1 Å². The number of hydrogen-bond donors (Lipinski definition) is 2. The van der Waals surface area contributed by atoms with Crippen LogP contribution in [0.3, 0.4) is 0 Å². The molecule has 0 aromatic heterocycles. The number of hydrogen-bond acceptors (Lipinski definition) is 3. The van der Waals surface area contributed by atoms with Crippen molar-refractivity contribution < 1.29 is 4.79 Å². The summed E-state index contributed by atoms with van der Waals surface area (Å²) in [4.78, 5) is 11.4. The first-order valence-corrected chi connectivity index (χ1v) is 6.71. The van der Waals surface area contributed by atoms with E-state index in [0.29, 0.717) is 5.75 Å². The third-order valence-electron chi connectivity index (χ3n) is 2.25. The lowest BCUT2D eigenvalue weighted by atomic mass is 10.1. The molecule has 86 valence electrons. The average Bonchev–Trinajstić information content (AvgIpc) is 2.28. The van der Waals surface area contributed by atoms with Gasteiger partial charge in [-0.05, 0) is 25.1 Å². The Balaban J connectivity index is 2.07. The van der Waals surface area contributed by atoms with Gasteiger partial charge in [0.2, 0.25) is 5.91 Å². The highest BCUT2D eigenvalue weighted by Gasteiger charge is 2.05. The maximum Gasteiger partial charge on any atom is 0.230 e. The highest BCUT2D eigenvalue weighted by molar-refractivity contribution is 7.99. The van der Waals surface area contributed by atoms with Crippen molar-refractivity contribution >= 4 is 17.7 Å². The van der Waals surface area contributed by atoms with Crippen molar-refractivity contribution in [2.24, 2.45) is 0 Å². The van der Waals surface area contributed by atoms with E-state index in [2.05, 4.69) is 23.6 Å². The van der Waals surface area contributed by atoms with Gasteiger partial charge in [-0.15, -0.1) is 0 Å². The Morgan fingerprint density at radius 2 is 2.53 bits per heavy atom. The van der Waals surface area contributed by atoms with Gasteiger partial charge in [0.05, 0.1) is 5.75 Å². The lowest BCUT2D eigenvalue weighted by Gasteiger charge is -2.14. The van der Waals surface area contributed by atoms with Crippen LogP contribution in [0.1, 0.15) is 19.8 Å². The molecule has 0 aromatic carbocycles. The normalized spacial score (nSPS) is 15.9. The first-order chi connectivity index (χ1) is 7.33. The Labute approximate surface area is 96.1 Å². The van der Waals surface area contributed by atoms with Gasteiger partial charge in [0.1, 0.15) is 0 Å². The van der Waals surface area contributed by atoms with Crippen LogP contribution < -0.4 is 10.6 Å². The molecule has 3 nitrogen and oxygen atoms in total. The molecule has 0 aromatic rings. The average molecular weight is 228 g/mol. The standard InChI is InChI=1S/C11H20N2OS/c1-2-7-15-9-11(14)13-8-10-3-5-12-6-4-10/h3,12H,2,4-9H2,1H3,(H,13,14). The quantitative estimate of drug-likeness (QED) is 0.529. The van der Waals surface area contributed by atoms with Crippen molar-refractivity contribution in [2.45, 2.75) is 19.8 Å². The first-order valence-electron chi connectivity index (χ1n) is 5.56. The molecule has 1 aliphatic heterocycles. The van der Waals surface area contributed by atoms with Gasteiger partial charge in [-0.2, -0.15) is 11.8 Å². The molecule has 2 N–H and O–H groups in total. The summed E-state index contributed by atoms with van der Waals surface area (Å²) >= 11 is 1.70. The first kappa shape index (κ1) is 12.6. The van der Waals surface area contributed by atoms with Crippen LogP contribution in [0.25, 0.3) is 0 Å². The van der Waals surface area contributed by atoms with Crippen molar-refractivity contribution in [2.75, 3.05) is 31.1 Å². The molecule has 0 radical (unpaired) electrons. The van der Waals surface area contributed by atoms with E-state index in [4.69, 9.17) is 0 Å². The van der Waals surface area contributed by atoms with Crippen LogP contribution in [0.2, 0.25) is 0 Å². The summed E-state index contributed by atoms with van der Waals surface area (Å²) in [5.41, 5.74) is 1.35. The van der Waals surface area contributed by atoms with Crippen molar-refractivity contribution in [1.29, 1.82) is 0 Å². The number of carbonyl (C=O) groups is 1. The summed E-state index contributed by atoms with van der Waals surface area (Å²) in [5, 5.41) is 6.21. The summed E-state index contributed by atoms with van der Waals surface area (Å²) in [6.07, 6.45) is 4.36. The molecule has 0 unspecified atom stereocenters. The van der Waals surface area contributed by atoms with Gasteiger partial charge < -0.3 is 10.6 Å². The fraction of sp³-hybridized carbons (Fsp3) is 0.727. The van der Waals surface area contributed by atoms with Gasteiger partial charge in [-0.3, -0.25) is 4.79 Å². The van der Waals surface area contributed by atoms with Crippen LogP contribution in [0.4, 0.5) is 0 Å². The van der Waals surface area contributed by atoms with Gasteiger partial charge in [0.25, 0.3) is 0 Å². The monoisotopic (exact) mass is 228 g/mol. The second-order valence-electron chi connectivity index (χ2n) is 3.65. The Hall–Kier alpha value is -0.480. The molecule has 4 heteroatoms. The highest BCUT2D eigenvalue weighted by Crippen LogP contribution is 2.03. The third-order valence-corrected chi connectivity index (χ3v) is 3.42. The number of thioether (sulfide) groups is 1. The summed E-state index contributed by atoms with van der Waals surface area (Å²) in [6, 6.07) is 0. The fourth-order valence-electron chi connectivity index (χ4n) is 1.40. The van der Waals surface area contributed by atoms with Crippen LogP contribution in [-0.4, -0.2) is 37.0 Å². The molecule has 1 heterocycles. The number of rotatable bonds is 6. The molecule has 15 heavy (non-hydrogen) atoms. The summed E-state index contributed by atoms with van der Waals surface area (Å²) in [6.45, 7) is 4.83. The van der Waals surface area contributed by atoms with Gasteiger partial charge in [-0.25, -0.2) is 0 Å². The van der Waals surface area contributed by atoms with E-state index < -0.39 is 0 Å². The van der Waals surface area contributed by atoms with E-state index in [-0.39, 0.29) is 5.91 Å². The molecule has 0 saturated carbocycles. The van der Waals surface area contributed by atoms with E-state index in [9.17, 15) is 4.79 Å². The van der Waals surface area contributed by atoms with Crippen molar-refractivity contribution in [3.8, 4) is 0 Å². The van der Waals surface area contributed by atoms with E-state index >= 15 is 0 Å². The molecule has 0 fully saturated rings. The molecular formula is C11H20N2OS. The number of nitrogens with one attached hydrogen (secondary N) is 2. The Morgan fingerprint density at radius 3 is 3.20 bits per heavy atom. The largest absolute Gasteiger partial charge is 0.352 e. The maximum atomic E-state index is 11.4. The zero-order valence-corrected chi connectivity index (χ0v) is 10.2. The Morgan fingerprint density at radius 1 is 1.67 bits per heavy atom. The fourth-order valence-corrected chi connectivity index (χ4v) is 2.12. The topological polar surface area (TPSA) is 41.1 Å². The highest BCUT2D eigenvalue weighted by atomic mass is 32.2. The lowest BCUT2D eigenvalue weighted by molar-refractivity contribution is -0.118. The zero-order chi connectivity index (χ0) is 10.9. The molecular weight excluding hydrogens is 208 g/mol. The second-order valence-corrected chi connectivity index (χ2v) is 4.75. The van der Waals surface area contributed by atoms with Crippen LogP contribution in [0.5, 0.6) is 0 Å². The zero-order valence-electron chi connectivity index (χ0n) is 9.34. The molecule has 1 amide bonds. The predicted octanol–water partition coefficient (Wildman–Crippen LogP) is 1.17.